The minimum absolute atomic E-state index is 0.0352. The summed E-state index contributed by atoms with van der Waals surface area (Å²) in [4.78, 5) is 35.1. The van der Waals surface area contributed by atoms with Crippen LogP contribution in [-0.2, 0) is 31.4 Å². The van der Waals surface area contributed by atoms with Crippen LogP contribution in [0.2, 0.25) is 5.02 Å². The van der Waals surface area contributed by atoms with Crippen molar-refractivity contribution in [1.29, 1.82) is 0 Å². The van der Waals surface area contributed by atoms with Gasteiger partial charge in [-0.1, -0.05) is 17.7 Å². The van der Waals surface area contributed by atoms with Crippen molar-refractivity contribution in [2.75, 3.05) is 13.2 Å². The van der Waals surface area contributed by atoms with E-state index in [0.717, 1.165) is 0 Å². The van der Waals surface area contributed by atoms with Crippen LogP contribution in [0.3, 0.4) is 0 Å². The maximum Gasteiger partial charge on any atom is 0.307 e. The predicted octanol–water partition coefficient (Wildman–Crippen LogP) is 0.847. The molecular formula is C17H18ClN3O6S. The molecule has 1 aromatic heterocycles. The minimum Gasteiger partial charge on any atom is -0.456 e. The third kappa shape index (κ3) is 6.19. The number of nitrogens with one attached hydrogen (secondary N) is 2. The molecule has 0 radical (unpaired) electrons. The summed E-state index contributed by atoms with van der Waals surface area (Å²) in [5.74, 6) is -2.21. The van der Waals surface area contributed by atoms with E-state index >= 15 is 0 Å². The van der Waals surface area contributed by atoms with Gasteiger partial charge in [-0.15, -0.1) is 0 Å². The van der Waals surface area contributed by atoms with Gasteiger partial charge in [0.1, 0.15) is 5.69 Å². The summed E-state index contributed by atoms with van der Waals surface area (Å²) in [5.41, 5.74) is 0.273. The first kappa shape index (κ1) is 21.6. The number of hydrogen-bond acceptors (Lipinski definition) is 6. The van der Waals surface area contributed by atoms with Crippen LogP contribution < -0.4 is 10.0 Å². The van der Waals surface area contributed by atoms with E-state index in [1.54, 1.807) is 19.3 Å². The molecule has 2 aromatic rings. The lowest BCUT2D eigenvalue weighted by molar-refractivity contribution is -0.148. The SMILES string of the molecule is Cn1cccc1C(=O)NC(=O)COC(=O)CCNS(=O)(=O)c1cccc(Cl)c1. The first-order valence-electron chi connectivity index (χ1n) is 8.05. The van der Waals surface area contributed by atoms with E-state index < -0.39 is 34.4 Å². The van der Waals surface area contributed by atoms with Crippen LogP contribution in [0.1, 0.15) is 16.9 Å². The molecule has 11 heteroatoms. The molecule has 0 aliphatic heterocycles. The molecule has 0 atom stereocenters. The van der Waals surface area contributed by atoms with Gasteiger partial charge in [0.05, 0.1) is 11.3 Å². The summed E-state index contributed by atoms with van der Waals surface area (Å²) in [6.45, 7) is -0.881. The number of sulfonamides is 1. The van der Waals surface area contributed by atoms with Crippen molar-refractivity contribution in [2.45, 2.75) is 11.3 Å². The van der Waals surface area contributed by atoms with Gasteiger partial charge in [0, 0.05) is 24.8 Å². The van der Waals surface area contributed by atoms with Crippen molar-refractivity contribution in [3.8, 4) is 0 Å². The highest BCUT2D eigenvalue weighted by atomic mass is 35.5. The van der Waals surface area contributed by atoms with Gasteiger partial charge in [0.2, 0.25) is 10.0 Å². The van der Waals surface area contributed by atoms with Crippen LogP contribution in [0.25, 0.3) is 0 Å². The molecule has 9 nitrogen and oxygen atoms in total. The Morgan fingerprint density at radius 3 is 2.57 bits per heavy atom. The molecule has 1 heterocycles. The van der Waals surface area contributed by atoms with Crippen molar-refractivity contribution < 1.29 is 27.5 Å². The molecule has 0 aliphatic rings. The van der Waals surface area contributed by atoms with Gasteiger partial charge in [-0.25, -0.2) is 13.1 Å². The zero-order valence-corrected chi connectivity index (χ0v) is 16.4. The number of hydrogen-bond donors (Lipinski definition) is 2. The van der Waals surface area contributed by atoms with Gasteiger partial charge in [-0.05, 0) is 30.3 Å². The number of carbonyl (C=O) groups excluding carboxylic acids is 3. The second-order valence-corrected chi connectivity index (χ2v) is 7.85. The van der Waals surface area contributed by atoms with E-state index in [4.69, 9.17) is 16.3 Å². The Balaban J connectivity index is 1.73. The average Bonchev–Trinajstić information content (AvgIpc) is 3.06. The third-order valence-corrected chi connectivity index (χ3v) is 5.21. The highest BCUT2D eigenvalue weighted by Crippen LogP contribution is 2.15. The van der Waals surface area contributed by atoms with Crippen LogP contribution in [0, 0.1) is 0 Å². The van der Waals surface area contributed by atoms with Gasteiger partial charge >= 0.3 is 5.97 Å². The number of carbonyl (C=O) groups is 3. The molecule has 150 valence electrons. The summed E-state index contributed by atoms with van der Waals surface area (Å²) >= 11 is 5.75. The lowest BCUT2D eigenvalue weighted by Gasteiger charge is -2.08. The fourth-order valence-corrected chi connectivity index (χ4v) is 3.48. The number of esters is 1. The lowest BCUT2D eigenvalue weighted by Crippen LogP contribution is -2.35. The van der Waals surface area contributed by atoms with Crippen molar-refractivity contribution in [3.63, 3.8) is 0 Å². The predicted molar refractivity (Wildman–Crippen MR) is 100 cm³/mol. The van der Waals surface area contributed by atoms with Crippen LogP contribution in [-0.4, -0.2) is 43.9 Å². The highest BCUT2D eigenvalue weighted by Gasteiger charge is 2.16. The van der Waals surface area contributed by atoms with E-state index in [1.165, 1.54) is 34.9 Å². The summed E-state index contributed by atoms with van der Waals surface area (Å²) in [7, 11) is -2.18. The Morgan fingerprint density at radius 1 is 1.18 bits per heavy atom. The first-order valence-corrected chi connectivity index (χ1v) is 9.91. The molecule has 28 heavy (non-hydrogen) atoms. The number of ether oxygens (including phenoxy) is 1. The molecule has 0 aliphatic carbocycles. The summed E-state index contributed by atoms with van der Waals surface area (Å²) in [5, 5.41) is 2.35. The van der Waals surface area contributed by atoms with Gasteiger partial charge in [-0.3, -0.25) is 19.7 Å². The smallest absolute Gasteiger partial charge is 0.307 e. The molecule has 2 N–H and O–H groups in total. The van der Waals surface area contributed by atoms with Crippen molar-refractivity contribution in [2.24, 2.45) is 7.05 Å². The van der Waals surface area contributed by atoms with E-state index in [9.17, 15) is 22.8 Å². The molecular weight excluding hydrogens is 410 g/mol. The monoisotopic (exact) mass is 427 g/mol. The van der Waals surface area contributed by atoms with Gasteiger partial charge < -0.3 is 9.30 Å². The Kier molecular flexibility index (Phi) is 7.32. The standard InChI is InChI=1S/C17H18ClN3O6S/c1-21-9-3-6-14(21)17(24)20-15(22)11-27-16(23)7-8-19-28(25,26)13-5-2-4-12(18)10-13/h2-6,9-10,19H,7-8,11H2,1H3,(H,20,22,24). The number of rotatable bonds is 8. The molecule has 0 spiro atoms. The molecule has 0 unspecified atom stereocenters. The van der Waals surface area contributed by atoms with Crippen LogP contribution >= 0.6 is 11.6 Å². The number of imide groups is 1. The average molecular weight is 428 g/mol. The maximum atomic E-state index is 12.1. The largest absolute Gasteiger partial charge is 0.456 e. The summed E-state index contributed by atoms with van der Waals surface area (Å²) in [6.07, 6.45) is 1.35. The van der Waals surface area contributed by atoms with E-state index in [2.05, 4.69) is 10.0 Å². The second-order valence-electron chi connectivity index (χ2n) is 5.65. The third-order valence-electron chi connectivity index (χ3n) is 3.52. The zero-order chi connectivity index (χ0) is 20.7. The maximum absolute atomic E-state index is 12.1. The highest BCUT2D eigenvalue weighted by molar-refractivity contribution is 7.89. The topological polar surface area (TPSA) is 124 Å². The Hall–Kier alpha value is -2.69. The number of nitrogens with zero attached hydrogens (tertiary/aromatic N) is 1. The Labute approximate surface area is 166 Å². The molecule has 0 saturated heterocycles. The van der Waals surface area contributed by atoms with Crippen molar-refractivity contribution in [3.05, 3.63) is 53.3 Å². The molecule has 0 bridgehead atoms. The molecule has 0 saturated carbocycles. The normalized spacial score (nSPS) is 11.1. The quantitative estimate of drug-likeness (QED) is 0.602. The first-order chi connectivity index (χ1) is 13.2. The van der Waals surface area contributed by atoms with Crippen LogP contribution in [0.4, 0.5) is 0 Å². The van der Waals surface area contributed by atoms with Crippen LogP contribution in [0.15, 0.2) is 47.5 Å². The fraction of sp³-hybridized carbons (Fsp3) is 0.235. The Morgan fingerprint density at radius 2 is 1.93 bits per heavy atom. The summed E-state index contributed by atoms with van der Waals surface area (Å²) in [6, 6.07) is 8.83. The molecule has 0 fully saturated rings. The van der Waals surface area contributed by atoms with Crippen molar-refractivity contribution >= 4 is 39.4 Å². The Bertz CT molecular complexity index is 986. The fourth-order valence-electron chi connectivity index (χ4n) is 2.15. The van der Waals surface area contributed by atoms with E-state index in [1.807, 2.05) is 0 Å². The van der Waals surface area contributed by atoms with E-state index in [0.29, 0.717) is 0 Å². The van der Waals surface area contributed by atoms with Gasteiger partial charge in [0.15, 0.2) is 6.61 Å². The lowest BCUT2D eigenvalue weighted by atomic mass is 10.4. The van der Waals surface area contributed by atoms with Gasteiger partial charge in [-0.2, -0.15) is 0 Å². The molecule has 2 amide bonds. The number of aromatic nitrogens is 1. The number of aryl methyl sites for hydroxylation is 1. The summed E-state index contributed by atoms with van der Waals surface area (Å²) < 4.78 is 32.6. The molecule has 1 aromatic carbocycles. The minimum atomic E-state index is -3.82. The number of halogens is 1. The molecule has 2 rings (SSSR count). The second kappa shape index (κ2) is 9.49. The number of benzene rings is 1. The van der Waals surface area contributed by atoms with Crippen LogP contribution in [0.5, 0.6) is 0 Å². The number of amides is 2. The van der Waals surface area contributed by atoms with E-state index in [-0.39, 0.29) is 28.6 Å². The zero-order valence-electron chi connectivity index (χ0n) is 14.8. The van der Waals surface area contributed by atoms with Gasteiger partial charge in [0.25, 0.3) is 11.8 Å². The van der Waals surface area contributed by atoms with Crippen molar-refractivity contribution in [1.82, 2.24) is 14.6 Å².